The zero-order valence-corrected chi connectivity index (χ0v) is 16.7. The molecule has 0 atom stereocenters. The van der Waals surface area contributed by atoms with Crippen LogP contribution in [0.2, 0.25) is 5.02 Å². The molecule has 2 aromatic rings. The van der Waals surface area contributed by atoms with E-state index in [0.29, 0.717) is 34.7 Å². The number of ether oxygens (including phenoxy) is 2. The van der Waals surface area contributed by atoms with Crippen LogP contribution in [0.15, 0.2) is 70.7 Å². The lowest BCUT2D eigenvalue weighted by Gasteiger charge is -2.22. The van der Waals surface area contributed by atoms with E-state index in [9.17, 15) is 4.79 Å². The van der Waals surface area contributed by atoms with Gasteiger partial charge in [0.2, 0.25) is 0 Å². The number of nitrogens with zero attached hydrogens (tertiary/aromatic N) is 2. The lowest BCUT2D eigenvalue weighted by molar-refractivity contribution is -0.114. The molecule has 0 radical (unpaired) electrons. The van der Waals surface area contributed by atoms with E-state index >= 15 is 0 Å². The van der Waals surface area contributed by atoms with Crippen molar-refractivity contribution in [3.05, 3.63) is 76.3 Å². The van der Waals surface area contributed by atoms with Crippen molar-refractivity contribution in [2.24, 2.45) is 4.99 Å². The normalized spacial score (nSPS) is 16.8. The fraction of sp³-hybridized carbons (Fsp3) is 0.0952. The quantitative estimate of drug-likeness (QED) is 0.541. The Balaban J connectivity index is 1.41. The van der Waals surface area contributed by atoms with Crippen LogP contribution in [0.5, 0.6) is 11.5 Å². The fourth-order valence-electron chi connectivity index (χ4n) is 2.75. The molecule has 0 unspecified atom stereocenters. The minimum Gasteiger partial charge on any atom is -0.490 e. The lowest BCUT2D eigenvalue weighted by atomic mass is 10.1. The maximum absolute atomic E-state index is 12.3. The molecule has 4 rings (SSSR count). The van der Waals surface area contributed by atoms with Gasteiger partial charge in [0.15, 0.2) is 5.17 Å². The molecule has 146 valence electrons. The first-order chi connectivity index (χ1) is 14.1. The molecule has 2 aromatic carbocycles. The van der Waals surface area contributed by atoms with Gasteiger partial charge in [0.1, 0.15) is 30.5 Å². The van der Waals surface area contributed by atoms with Crippen molar-refractivity contribution in [3.8, 4) is 11.5 Å². The van der Waals surface area contributed by atoms with E-state index in [4.69, 9.17) is 26.5 Å². The maximum Gasteiger partial charge on any atom is 0.283 e. The number of halogens is 1. The first-order valence-electron chi connectivity index (χ1n) is 8.78. The standard InChI is InChI=1S/C21H16ClN3O3S/c22-17-13-14(12-16-19(23)25-8-11-29-21(25)24-20(16)26)6-7-18(17)28-10-9-27-15-4-2-1-3-5-15/h1-8,11-13,23H,9-10H2. The van der Waals surface area contributed by atoms with Crippen molar-refractivity contribution in [2.45, 2.75) is 0 Å². The van der Waals surface area contributed by atoms with E-state index in [-0.39, 0.29) is 11.4 Å². The summed E-state index contributed by atoms with van der Waals surface area (Å²) in [5.41, 5.74) is 0.896. The molecule has 0 fully saturated rings. The van der Waals surface area contributed by atoms with Gasteiger partial charge in [-0.3, -0.25) is 15.1 Å². The van der Waals surface area contributed by atoms with E-state index in [1.165, 1.54) is 11.8 Å². The number of rotatable bonds is 6. The summed E-state index contributed by atoms with van der Waals surface area (Å²) >= 11 is 7.63. The Morgan fingerprint density at radius 2 is 1.93 bits per heavy atom. The minimum absolute atomic E-state index is 0.0933. The second kappa shape index (κ2) is 8.55. The van der Waals surface area contributed by atoms with Gasteiger partial charge >= 0.3 is 0 Å². The van der Waals surface area contributed by atoms with Crippen LogP contribution in [0.25, 0.3) is 6.08 Å². The monoisotopic (exact) mass is 425 g/mol. The van der Waals surface area contributed by atoms with E-state index in [0.717, 1.165) is 5.75 Å². The molecule has 0 saturated heterocycles. The zero-order valence-electron chi connectivity index (χ0n) is 15.2. The molecule has 0 aliphatic carbocycles. The predicted molar refractivity (Wildman–Crippen MR) is 116 cm³/mol. The zero-order chi connectivity index (χ0) is 20.2. The summed E-state index contributed by atoms with van der Waals surface area (Å²) in [7, 11) is 0. The summed E-state index contributed by atoms with van der Waals surface area (Å²) in [6.07, 6.45) is 3.32. The van der Waals surface area contributed by atoms with Gasteiger partial charge in [0, 0.05) is 6.20 Å². The highest BCUT2D eigenvalue weighted by Crippen LogP contribution is 2.29. The summed E-state index contributed by atoms with van der Waals surface area (Å²) in [6.45, 7) is 0.730. The summed E-state index contributed by atoms with van der Waals surface area (Å²) in [5.74, 6) is 0.957. The number of amidine groups is 2. The highest BCUT2D eigenvalue weighted by molar-refractivity contribution is 8.16. The summed E-state index contributed by atoms with van der Waals surface area (Å²) in [6, 6.07) is 14.7. The van der Waals surface area contributed by atoms with Gasteiger partial charge in [-0.15, -0.1) is 0 Å². The van der Waals surface area contributed by atoms with Crippen LogP contribution in [-0.2, 0) is 4.79 Å². The van der Waals surface area contributed by atoms with E-state index in [1.54, 1.807) is 40.8 Å². The third kappa shape index (κ3) is 4.36. The number of carbonyl (C=O) groups is 1. The Labute approximate surface area is 177 Å². The van der Waals surface area contributed by atoms with E-state index in [2.05, 4.69) is 4.99 Å². The van der Waals surface area contributed by atoms with Gasteiger partial charge in [0.05, 0.1) is 10.6 Å². The number of nitrogens with one attached hydrogen (secondary N) is 1. The van der Waals surface area contributed by atoms with Crippen molar-refractivity contribution >= 4 is 46.3 Å². The number of hydrogen-bond acceptors (Lipinski definition) is 5. The Morgan fingerprint density at radius 1 is 1.14 bits per heavy atom. The second-order valence-corrected chi connectivity index (χ2v) is 7.36. The molecule has 29 heavy (non-hydrogen) atoms. The van der Waals surface area contributed by atoms with Crippen LogP contribution in [0, 0.1) is 5.41 Å². The molecule has 2 aliphatic heterocycles. The lowest BCUT2D eigenvalue weighted by Crippen LogP contribution is -2.35. The SMILES string of the molecule is N=C1C(=Cc2ccc(OCCOc3ccccc3)c(Cl)c2)C(=O)N=C2SC=CN12. The molecule has 0 saturated carbocycles. The Hall–Kier alpha value is -3.03. The molecule has 0 bridgehead atoms. The summed E-state index contributed by atoms with van der Waals surface area (Å²) in [4.78, 5) is 17.8. The molecular formula is C21H16ClN3O3S. The number of carbonyl (C=O) groups excluding carboxylic acids is 1. The van der Waals surface area contributed by atoms with E-state index < -0.39 is 5.91 Å². The molecule has 1 N–H and O–H groups in total. The fourth-order valence-corrected chi connectivity index (χ4v) is 3.70. The summed E-state index contributed by atoms with van der Waals surface area (Å²) < 4.78 is 11.3. The van der Waals surface area contributed by atoms with Crippen molar-refractivity contribution in [3.63, 3.8) is 0 Å². The Kier molecular flexibility index (Phi) is 5.69. The Morgan fingerprint density at radius 3 is 2.72 bits per heavy atom. The molecule has 1 amide bonds. The van der Waals surface area contributed by atoms with Crippen molar-refractivity contribution < 1.29 is 14.3 Å². The highest BCUT2D eigenvalue weighted by Gasteiger charge is 2.30. The highest BCUT2D eigenvalue weighted by atomic mass is 35.5. The van der Waals surface area contributed by atoms with Crippen molar-refractivity contribution in [1.29, 1.82) is 5.41 Å². The average molecular weight is 426 g/mol. The largest absolute Gasteiger partial charge is 0.490 e. The van der Waals surface area contributed by atoms with Gasteiger partial charge in [0.25, 0.3) is 5.91 Å². The molecule has 8 heteroatoms. The Bertz CT molecular complexity index is 1050. The molecule has 0 spiro atoms. The molecule has 2 heterocycles. The summed E-state index contributed by atoms with van der Waals surface area (Å²) in [5, 5.41) is 10.9. The second-order valence-electron chi connectivity index (χ2n) is 6.08. The smallest absolute Gasteiger partial charge is 0.283 e. The molecule has 6 nitrogen and oxygen atoms in total. The van der Waals surface area contributed by atoms with Crippen LogP contribution in [0.3, 0.4) is 0 Å². The van der Waals surface area contributed by atoms with Crippen LogP contribution in [-0.4, -0.2) is 35.0 Å². The first kappa shape index (κ1) is 19.3. The third-order valence-corrected chi connectivity index (χ3v) is 5.18. The third-order valence-electron chi connectivity index (χ3n) is 4.13. The minimum atomic E-state index is -0.438. The number of para-hydroxylation sites is 1. The van der Waals surface area contributed by atoms with Gasteiger partial charge in [-0.25, -0.2) is 0 Å². The number of benzene rings is 2. The van der Waals surface area contributed by atoms with Crippen LogP contribution < -0.4 is 9.47 Å². The predicted octanol–water partition coefficient (Wildman–Crippen LogP) is 4.57. The molecular weight excluding hydrogens is 410 g/mol. The molecule has 0 aromatic heterocycles. The number of fused-ring (bicyclic) bond motifs is 1. The number of thioether (sulfide) groups is 1. The van der Waals surface area contributed by atoms with E-state index in [1.807, 2.05) is 30.3 Å². The number of amides is 1. The van der Waals surface area contributed by atoms with Crippen LogP contribution in [0.4, 0.5) is 0 Å². The molecule has 2 aliphatic rings. The first-order valence-corrected chi connectivity index (χ1v) is 10.0. The maximum atomic E-state index is 12.3. The van der Waals surface area contributed by atoms with Crippen molar-refractivity contribution in [1.82, 2.24) is 4.90 Å². The van der Waals surface area contributed by atoms with Gasteiger partial charge in [-0.05, 0) is 41.3 Å². The van der Waals surface area contributed by atoms with Gasteiger partial charge in [-0.2, -0.15) is 4.99 Å². The van der Waals surface area contributed by atoms with Gasteiger partial charge < -0.3 is 9.47 Å². The van der Waals surface area contributed by atoms with Crippen molar-refractivity contribution in [2.75, 3.05) is 13.2 Å². The number of aliphatic imine (C=N–C) groups is 1. The average Bonchev–Trinajstić information content (AvgIpc) is 3.19. The van der Waals surface area contributed by atoms with Crippen LogP contribution >= 0.6 is 23.4 Å². The topological polar surface area (TPSA) is 75.0 Å². The van der Waals surface area contributed by atoms with Gasteiger partial charge in [-0.1, -0.05) is 47.6 Å². The number of hydrogen-bond donors (Lipinski definition) is 1. The van der Waals surface area contributed by atoms with Crippen LogP contribution in [0.1, 0.15) is 5.56 Å².